The van der Waals surface area contributed by atoms with E-state index in [9.17, 15) is 30.6 Å². The van der Waals surface area contributed by atoms with Crippen LogP contribution in [0.2, 0.25) is 0 Å². The summed E-state index contributed by atoms with van der Waals surface area (Å²) in [6.07, 6.45) is 2.58. The SMILES string of the molecule is Oc1ccc(Cc2ccc(O)cc2)cc1.Oc1ccccc1CC(c1ccccc1O)c1ccccc1O.Oc1ccccc1CCC(c1ccccc1O)c1ccccc1O. The molecule has 0 saturated carbocycles. The zero-order valence-corrected chi connectivity index (χ0v) is 34.0. The standard InChI is InChI=1S/C21H20O3.C20H18O3.C13H12O2/c22-19-10-4-1-7-15(19)13-14-16(17-8-2-5-11-20(17)23)18-9-3-6-12-21(18)24;21-18-10-4-1-7-14(18)13-17(15-8-2-5-11-19(15)22)16-9-3-6-12-20(16)23;14-12-5-1-10(2-6-12)9-11-3-7-13(15)8-4-11/h1-12,16,22-24H,13-14H2;1-12,17,21-23H,13H2;1-8,14-15H,9H2. The summed E-state index contributed by atoms with van der Waals surface area (Å²) in [5.74, 6) is 1.40. The first kappa shape index (κ1) is 43.7. The third-order valence-corrected chi connectivity index (χ3v) is 10.6. The average molecular weight is 827 g/mol. The molecule has 8 heteroatoms. The highest BCUT2D eigenvalue weighted by Crippen LogP contribution is 2.40. The second-order valence-electron chi connectivity index (χ2n) is 14.9. The summed E-state index contributed by atoms with van der Waals surface area (Å²) in [7, 11) is 0. The molecule has 0 amide bonds. The van der Waals surface area contributed by atoms with Crippen LogP contribution in [0.25, 0.3) is 0 Å². The molecule has 8 nitrogen and oxygen atoms in total. The van der Waals surface area contributed by atoms with Crippen LogP contribution >= 0.6 is 0 Å². The normalized spacial score (nSPS) is 10.7. The van der Waals surface area contributed by atoms with Gasteiger partial charge in [0.05, 0.1) is 0 Å². The Morgan fingerprint density at radius 3 is 0.952 bits per heavy atom. The first-order valence-corrected chi connectivity index (χ1v) is 20.3. The lowest BCUT2D eigenvalue weighted by atomic mass is 9.84. The molecule has 0 aliphatic heterocycles. The van der Waals surface area contributed by atoms with Gasteiger partial charge in [0.2, 0.25) is 0 Å². The Kier molecular flexibility index (Phi) is 15.1. The van der Waals surface area contributed by atoms with Crippen molar-refractivity contribution in [1.29, 1.82) is 0 Å². The highest BCUT2D eigenvalue weighted by atomic mass is 16.3. The van der Waals surface area contributed by atoms with Gasteiger partial charge in [0, 0.05) is 34.1 Å². The van der Waals surface area contributed by atoms with E-state index in [1.807, 2.05) is 97.1 Å². The minimum atomic E-state index is -0.259. The molecule has 0 heterocycles. The highest BCUT2D eigenvalue weighted by molar-refractivity contribution is 5.49. The number of benzene rings is 8. The summed E-state index contributed by atoms with van der Waals surface area (Å²) < 4.78 is 0. The monoisotopic (exact) mass is 826 g/mol. The van der Waals surface area contributed by atoms with Crippen LogP contribution in [0.3, 0.4) is 0 Å². The molecular formula is C54H50O8. The third-order valence-electron chi connectivity index (χ3n) is 10.6. The number of phenols is 8. The summed E-state index contributed by atoms with van der Waals surface area (Å²) in [6, 6.07) is 57.2. The van der Waals surface area contributed by atoms with E-state index in [1.54, 1.807) is 97.1 Å². The maximum absolute atomic E-state index is 10.3. The number of hydrogen-bond donors (Lipinski definition) is 8. The molecule has 8 aromatic carbocycles. The van der Waals surface area contributed by atoms with Crippen molar-refractivity contribution < 1.29 is 40.9 Å². The number of rotatable bonds is 11. The van der Waals surface area contributed by atoms with Crippen LogP contribution in [0, 0.1) is 0 Å². The van der Waals surface area contributed by atoms with Gasteiger partial charge in [-0.1, -0.05) is 133 Å². The van der Waals surface area contributed by atoms with Crippen LogP contribution in [0.1, 0.15) is 62.8 Å². The first-order chi connectivity index (χ1) is 30.1. The van der Waals surface area contributed by atoms with Crippen LogP contribution < -0.4 is 0 Å². The van der Waals surface area contributed by atoms with E-state index in [0.29, 0.717) is 19.3 Å². The summed E-state index contributed by atoms with van der Waals surface area (Å²) in [5, 5.41) is 79.3. The van der Waals surface area contributed by atoms with E-state index in [-0.39, 0.29) is 57.8 Å². The second-order valence-corrected chi connectivity index (χ2v) is 14.9. The van der Waals surface area contributed by atoms with Crippen molar-refractivity contribution in [2.45, 2.75) is 37.5 Å². The lowest BCUT2D eigenvalue weighted by Gasteiger charge is -2.20. The molecule has 0 bridgehead atoms. The molecule has 8 aromatic rings. The zero-order valence-electron chi connectivity index (χ0n) is 34.0. The van der Waals surface area contributed by atoms with E-state index in [2.05, 4.69) is 0 Å². The van der Waals surface area contributed by atoms with Crippen molar-refractivity contribution >= 4 is 0 Å². The van der Waals surface area contributed by atoms with Gasteiger partial charge in [-0.15, -0.1) is 0 Å². The number of aryl methyl sites for hydroxylation is 1. The number of para-hydroxylation sites is 6. The van der Waals surface area contributed by atoms with Gasteiger partial charge < -0.3 is 40.9 Å². The van der Waals surface area contributed by atoms with Gasteiger partial charge in [-0.25, -0.2) is 0 Å². The van der Waals surface area contributed by atoms with Gasteiger partial charge in [0.25, 0.3) is 0 Å². The van der Waals surface area contributed by atoms with Crippen LogP contribution in [-0.2, 0) is 19.3 Å². The van der Waals surface area contributed by atoms with Gasteiger partial charge >= 0.3 is 0 Å². The van der Waals surface area contributed by atoms with Crippen molar-refractivity contribution in [2.75, 3.05) is 0 Å². The lowest BCUT2D eigenvalue weighted by Crippen LogP contribution is -2.06. The smallest absolute Gasteiger partial charge is 0.119 e. The number of hydrogen-bond acceptors (Lipinski definition) is 8. The fourth-order valence-electron chi connectivity index (χ4n) is 7.38. The summed E-state index contributed by atoms with van der Waals surface area (Å²) >= 11 is 0. The van der Waals surface area contributed by atoms with Gasteiger partial charge in [0.15, 0.2) is 0 Å². The highest BCUT2D eigenvalue weighted by Gasteiger charge is 2.23. The molecule has 0 aliphatic rings. The molecule has 8 N–H and O–H groups in total. The molecule has 0 aromatic heterocycles. The number of phenolic OH excluding ortho intramolecular Hbond substituents is 8. The molecule has 0 atom stereocenters. The topological polar surface area (TPSA) is 162 Å². The number of aromatic hydroxyl groups is 8. The molecule has 0 radical (unpaired) electrons. The zero-order chi connectivity index (χ0) is 43.8. The molecule has 0 unspecified atom stereocenters. The fraction of sp³-hybridized carbons (Fsp3) is 0.111. The average Bonchev–Trinajstić information content (AvgIpc) is 3.28. The van der Waals surface area contributed by atoms with Gasteiger partial charge in [-0.2, -0.15) is 0 Å². The van der Waals surface area contributed by atoms with Gasteiger partial charge in [-0.05, 0) is 109 Å². The molecule has 0 saturated heterocycles. The van der Waals surface area contributed by atoms with E-state index in [1.165, 1.54) is 0 Å². The van der Waals surface area contributed by atoms with Crippen LogP contribution in [0.4, 0.5) is 0 Å². The quantitative estimate of drug-likeness (QED) is 0.0639. The summed E-state index contributed by atoms with van der Waals surface area (Å²) in [5.41, 5.74) is 6.88. The molecule has 62 heavy (non-hydrogen) atoms. The molecule has 0 spiro atoms. The lowest BCUT2D eigenvalue weighted by molar-refractivity contribution is 0.448. The Morgan fingerprint density at radius 2 is 0.597 bits per heavy atom. The molecule has 0 fully saturated rings. The third kappa shape index (κ3) is 11.9. The largest absolute Gasteiger partial charge is 0.508 e. The molecule has 314 valence electrons. The first-order valence-electron chi connectivity index (χ1n) is 20.3. The van der Waals surface area contributed by atoms with Gasteiger partial charge in [0.1, 0.15) is 46.0 Å². The van der Waals surface area contributed by atoms with E-state index >= 15 is 0 Å². The Morgan fingerprint density at radius 1 is 0.290 bits per heavy atom. The van der Waals surface area contributed by atoms with E-state index in [4.69, 9.17) is 10.2 Å². The van der Waals surface area contributed by atoms with Crippen LogP contribution in [0.5, 0.6) is 46.0 Å². The Labute approximate surface area is 361 Å². The fourth-order valence-corrected chi connectivity index (χ4v) is 7.38. The maximum atomic E-state index is 10.3. The van der Waals surface area contributed by atoms with Crippen molar-refractivity contribution in [3.8, 4) is 46.0 Å². The predicted octanol–water partition coefficient (Wildman–Crippen LogP) is 11.4. The Bertz CT molecular complexity index is 2510. The van der Waals surface area contributed by atoms with Gasteiger partial charge in [-0.3, -0.25) is 0 Å². The summed E-state index contributed by atoms with van der Waals surface area (Å²) in [6.45, 7) is 0. The van der Waals surface area contributed by atoms with Crippen molar-refractivity contribution in [3.63, 3.8) is 0 Å². The van der Waals surface area contributed by atoms with E-state index in [0.717, 1.165) is 50.9 Å². The summed E-state index contributed by atoms with van der Waals surface area (Å²) in [4.78, 5) is 0. The van der Waals surface area contributed by atoms with Crippen LogP contribution in [-0.4, -0.2) is 40.9 Å². The van der Waals surface area contributed by atoms with Crippen molar-refractivity contribution in [3.05, 3.63) is 239 Å². The molecule has 8 rings (SSSR count). The minimum Gasteiger partial charge on any atom is -0.508 e. The van der Waals surface area contributed by atoms with E-state index < -0.39 is 0 Å². The Balaban J connectivity index is 0.000000159. The van der Waals surface area contributed by atoms with Crippen LogP contribution in [0.15, 0.2) is 194 Å². The minimum absolute atomic E-state index is 0.160. The second kappa shape index (κ2) is 21.4. The van der Waals surface area contributed by atoms with Crippen molar-refractivity contribution in [2.24, 2.45) is 0 Å². The Hall–Kier alpha value is -7.84. The maximum Gasteiger partial charge on any atom is 0.119 e. The molecule has 0 aliphatic carbocycles. The van der Waals surface area contributed by atoms with Crippen molar-refractivity contribution in [1.82, 2.24) is 0 Å². The predicted molar refractivity (Wildman–Crippen MR) is 243 cm³/mol. The molecular weight excluding hydrogens is 777 g/mol.